The Kier molecular flexibility index (Phi) is 4.48. The molecule has 5 rings (SSSR count). The molecule has 2 aliphatic rings. The molecule has 2 aromatic heterocycles. The molecule has 3 aromatic rings. The van der Waals surface area contributed by atoms with Gasteiger partial charge in [0.1, 0.15) is 17.5 Å². The number of hydrogen-bond acceptors (Lipinski definition) is 5. The quantitative estimate of drug-likeness (QED) is 0.611. The van der Waals surface area contributed by atoms with E-state index in [1.807, 2.05) is 18.2 Å². The van der Waals surface area contributed by atoms with Gasteiger partial charge in [0.15, 0.2) is 5.11 Å². The van der Waals surface area contributed by atoms with Crippen LogP contribution in [0.4, 0.5) is 0 Å². The third kappa shape index (κ3) is 2.82. The van der Waals surface area contributed by atoms with Gasteiger partial charge < -0.3 is 15.3 Å². The molecule has 158 valence electrons. The summed E-state index contributed by atoms with van der Waals surface area (Å²) in [5, 5.41) is 25.8. The highest BCUT2D eigenvalue weighted by Gasteiger charge is 2.48. The van der Waals surface area contributed by atoms with E-state index in [1.54, 1.807) is 10.6 Å². The second-order valence-electron chi connectivity index (χ2n) is 8.48. The van der Waals surface area contributed by atoms with Crippen LogP contribution in [0.15, 0.2) is 35.3 Å². The maximum absolute atomic E-state index is 13.4. The summed E-state index contributed by atoms with van der Waals surface area (Å²) in [6, 6.07) is 9.17. The molecule has 0 saturated carbocycles. The number of hydrogen-bond donors (Lipinski definition) is 2. The van der Waals surface area contributed by atoms with Gasteiger partial charge in [0.25, 0.3) is 0 Å². The normalized spacial score (nSPS) is 19.1. The van der Waals surface area contributed by atoms with Crippen LogP contribution in [0, 0.1) is 17.2 Å². The topological polar surface area (TPSA) is 99.1 Å². The Labute approximate surface area is 184 Å². The molecule has 2 bridgehead atoms. The van der Waals surface area contributed by atoms with Crippen molar-refractivity contribution < 1.29 is 5.11 Å². The summed E-state index contributed by atoms with van der Waals surface area (Å²) < 4.78 is 2.99. The second kappa shape index (κ2) is 7.10. The van der Waals surface area contributed by atoms with Gasteiger partial charge in [-0.2, -0.15) is 5.26 Å². The SMILES string of the molecule is CC(C)CNC(=S)N1C[C@H]2CC1c1c(O)n(-c3cnc(C#N)c4ccccc34)c(=O)n12. The number of imidazole rings is 1. The Bertz CT molecular complexity index is 1320. The summed E-state index contributed by atoms with van der Waals surface area (Å²) in [6.07, 6.45) is 2.22. The van der Waals surface area contributed by atoms with Crippen molar-refractivity contribution in [2.45, 2.75) is 32.4 Å². The monoisotopic (exact) mass is 434 g/mol. The molecule has 1 aromatic carbocycles. The van der Waals surface area contributed by atoms with Gasteiger partial charge >= 0.3 is 5.69 Å². The van der Waals surface area contributed by atoms with Crippen molar-refractivity contribution in [2.75, 3.05) is 13.1 Å². The molecule has 2 atom stereocenters. The minimum Gasteiger partial charge on any atom is -0.493 e. The number of fused-ring (bicyclic) bond motifs is 6. The van der Waals surface area contributed by atoms with E-state index in [0.29, 0.717) is 39.7 Å². The molecule has 9 heteroatoms. The Morgan fingerprint density at radius 3 is 2.84 bits per heavy atom. The number of nitrogens with one attached hydrogen (secondary N) is 1. The van der Waals surface area contributed by atoms with E-state index in [1.165, 1.54) is 10.8 Å². The van der Waals surface area contributed by atoms with Gasteiger partial charge in [0.05, 0.1) is 24.0 Å². The van der Waals surface area contributed by atoms with E-state index in [4.69, 9.17) is 12.2 Å². The third-order valence-electron chi connectivity index (χ3n) is 6.10. The number of rotatable bonds is 3. The van der Waals surface area contributed by atoms with E-state index in [9.17, 15) is 15.2 Å². The number of thiocarbonyl (C=S) groups is 1. The van der Waals surface area contributed by atoms with Crippen molar-refractivity contribution in [3.8, 4) is 17.6 Å². The summed E-state index contributed by atoms with van der Waals surface area (Å²) in [5.41, 5.74) is 1.04. The molecule has 2 aliphatic heterocycles. The molecule has 31 heavy (non-hydrogen) atoms. The lowest BCUT2D eigenvalue weighted by molar-refractivity contribution is 0.332. The number of nitrogens with zero attached hydrogens (tertiary/aromatic N) is 5. The van der Waals surface area contributed by atoms with Gasteiger partial charge in [-0.3, -0.25) is 4.57 Å². The van der Waals surface area contributed by atoms with Gasteiger partial charge in [-0.1, -0.05) is 38.1 Å². The predicted octanol–water partition coefficient (Wildman–Crippen LogP) is 2.60. The molecular formula is C22H22N6O2S. The van der Waals surface area contributed by atoms with Crippen molar-refractivity contribution >= 4 is 28.1 Å². The minimum atomic E-state index is -0.294. The summed E-state index contributed by atoms with van der Waals surface area (Å²) in [5.74, 6) is 0.369. The zero-order valence-electron chi connectivity index (χ0n) is 17.2. The van der Waals surface area contributed by atoms with Gasteiger partial charge in [0.2, 0.25) is 5.88 Å². The zero-order chi connectivity index (χ0) is 21.9. The summed E-state index contributed by atoms with van der Waals surface area (Å²) in [6.45, 7) is 5.64. The molecule has 0 spiro atoms. The van der Waals surface area contributed by atoms with Crippen LogP contribution < -0.4 is 11.0 Å². The predicted molar refractivity (Wildman–Crippen MR) is 120 cm³/mol. The fraction of sp³-hybridized carbons (Fsp3) is 0.364. The first-order valence-corrected chi connectivity index (χ1v) is 10.7. The van der Waals surface area contributed by atoms with Gasteiger partial charge in [-0.05, 0) is 24.6 Å². The maximum atomic E-state index is 13.4. The molecule has 0 amide bonds. The van der Waals surface area contributed by atoms with E-state index in [-0.39, 0.29) is 29.3 Å². The molecule has 1 fully saturated rings. The molecule has 1 saturated heterocycles. The fourth-order valence-electron chi connectivity index (χ4n) is 4.73. The van der Waals surface area contributed by atoms with Gasteiger partial charge in [0, 0.05) is 23.9 Å². The highest BCUT2D eigenvalue weighted by molar-refractivity contribution is 7.80. The standard InChI is InChI=1S/C22H22N6O2S/c1-12(2)9-25-21(31)26-11-13-7-17(26)19-20(29)28(22(30)27(13)19)18-10-24-16(8-23)14-5-3-4-6-15(14)18/h3-6,10,12-13,17,29H,7,9,11H2,1-2H3,(H,25,31)/t13-,17?/m1/s1. The number of likely N-dealkylation sites (tertiary alicyclic amines) is 1. The Balaban J connectivity index is 1.61. The van der Waals surface area contributed by atoms with Crippen molar-refractivity contribution in [1.82, 2.24) is 24.3 Å². The zero-order valence-corrected chi connectivity index (χ0v) is 18.1. The van der Waals surface area contributed by atoms with Gasteiger partial charge in [-0.25, -0.2) is 14.3 Å². The number of nitriles is 1. The average Bonchev–Trinajstić information content (AvgIpc) is 3.43. The van der Waals surface area contributed by atoms with Crippen LogP contribution >= 0.6 is 12.2 Å². The summed E-state index contributed by atoms with van der Waals surface area (Å²) >= 11 is 5.59. The first kappa shape index (κ1) is 19.6. The molecule has 2 N–H and O–H groups in total. The molecule has 0 radical (unpaired) electrons. The minimum absolute atomic E-state index is 0.0453. The lowest BCUT2D eigenvalue weighted by Crippen LogP contribution is -2.44. The van der Waals surface area contributed by atoms with Crippen LogP contribution in [0.2, 0.25) is 0 Å². The molecular weight excluding hydrogens is 412 g/mol. The summed E-state index contributed by atoms with van der Waals surface area (Å²) in [4.78, 5) is 19.7. The van der Waals surface area contributed by atoms with Crippen LogP contribution in [0.5, 0.6) is 5.88 Å². The highest BCUT2D eigenvalue weighted by Crippen LogP contribution is 2.48. The Morgan fingerprint density at radius 2 is 2.13 bits per heavy atom. The van der Waals surface area contributed by atoms with Crippen molar-refractivity contribution in [3.05, 3.63) is 52.3 Å². The Morgan fingerprint density at radius 1 is 1.39 bits per heavy atom. The lowest BCUT2D eigenvalue weighted by Gasteiger charge is -2.30. The number of aromatic nitrogens is 3. The maximum Gasteiger partial charge on any atom is 0.336 e. The van der Waals surface area contributed by atoms with E-state index < -0.39 is 0 Å². The van der Waals surface area contributed by atoms with Crippen LogP contribution in [0.3, 0.4) is 0 Å². The molecule has 0 aliphatic carbocycles. The molecule has 4 heterocycles. The smallest absolute Gasteiger partial charge is 0.336 e. The first-order chi connectivity index (χ1) is 14.9. The first-order valence-electron chi connectivity index (χ1n) is 10.3. The molecule has 8 nitrogen and oxygen atoms in total. The number of benzene rings is 1. The fourth-order valence-corrected chi connectivity index (χ4v) is 5.01. The number of pyridine rings is 1. The molecule has 1 unspecified atom stereocenters. The third-order valence-corrected chi connectivity index (χ3v) is 6.48. The van der Waals surface area contributed by atoms with Crippen molar-refractivity contribution in [1.29, 1.82) is 5.26 Å². The van der Waals surface area contributed by atoms with Crippen LogP contribution in [0.1, 0.15) is 43.7 Å². The average molecular weight is 435 g/mol. The van der Waals surface area contributed by atoms with Crippen LogP contribution in [-0.4, -0.2) is 42.3 Å². The Hall–Kier alpha value is -3.38. The van der Waals surface area contributed by atoms with Gasteiger partial charge in [-0.15, -0.1) is 0 Å². The van der Waals surface area contributed by atoms with Crippen molar-refractivity contribution in [2.24, 2.45) is 5.92 Å². The van der Waals surface area contributed by atoms with E-state index in [0.717, 1.165) is 13.0 Å². The van der Waals surface area contributed by atoms with Crippen LogP contribution in [0.25, 0.3) is 16.5 Å². The lowest BCUT2D eigenvalue weighted by atomic mass is 10.1. The van der Waals surface area contributed by atoms with Crippen LogP contribution in [-0.2, 0) is 0 Å². The van der Waals surface area contributed by atoms with E-state index in [2.05, 4.69) is 35.1 Å². The summed E-state index contributed by atoms with van der Waals surface area (Å²) in [7, 11) is 0. The van der Waals surface area contributed by atoms with E-state index >= 15 is 0 Å². The largest absolute Gasteiger partial charge is 0.493 e. The highest BCUT2D eigenvalue weighted by atomic mass is 32.1. The second-order valence-corrected chi connectivity index (χ2v) is 8.87. The van der Waals surface area contributed by atoms with Crippen molar-refractivity contribution in [3.63, 3.8) is 0 Å². The number of aromatic hydroxyl groups is 1.